The topological polar surface area (TPSA) is 44.1 Å². The summed E-state index contributed by atoms with van der Waals surface area (Å²) in [6.45, 7) is 3.33. The van der Waals surface area contributed by atoms with Crippen LogP contribution >= 0.6 is 11.6 Å². The number of carbonyl (C=O) groups is 1. The summed E-state index contributed by atoms with van der Waals surface area (Å²) < 4.78 is 0. The summed E-state index contributed by atoms with van der Waals surface area (Å²) in [5.74, 6) is 0.0959. The molecule has 1 amide bonds. The maximum atomic E-state index is 12.6. The molecule has 4 heteroatoms. The predicted octanol–water partition coefficient (Wildman–Crippen LogP) is 4.19. The molecule has 0 unspecified atom stereocenters. The molecule has 0 atom stereocenters. The van der Waals surface area contributed by atoms with Crippen LogP contribution in [0.25, 0.3) is 0 Å². The first-order valence-corrected chi connectivity index (χ1v) is 8.01. The van der Waals surface area contributed by atoms with Gasteiger partial charge in [0.15, 0.2) is 0 Å². The van der Waals surface area contributed by atoms with Gasteiger partial charge in [-0.25, -0.2) is 0 Å². The molecular formula is C19H19ClN2O. The minimum atomic E-state index is 0.0959. The van der Waals surface area contributed by atoms with Gasteiger partial charge in [0.25, 0.3) is 0 Å². The third-order valence-corrected chi connectivity index (χ3v) is 3.82. The predicted molar refractivity (Wildman–Crippen MR) is 92.0 cm³/mol. The van der Waals surface area contributed by atoms with Crippen molar-refractivity contribution in [1.82, 2.24) is 4.90 Å². The van der Waals surface area contributed by atoms with Gasteiger partial charge in [0.05, 0.1) is 18.1 Å². The number of halogens is 1. The van der Waals surface area contributed by atoms with Gasteiger partial charge in [-0.2, -0.15) is 5.26 Å². The van der Waals surface area contributed by atoms with E-state index in [-0.39, 0.29) is 5.91 Å². The Kier molecular flexibility index (Phi) is 6.19. The number of benzene rings is 2. The van der Waals surface area contributed by atoms with Crippen LogP contribution in [-0.2, 0) is 17.8 Å². The molecule has 0 N–H and O–H groups in total. The molecule has 0 aliphatic carbocycles. The van der Waals surface area contributed by atoms with E-state index in [4.69, 9.17) is 16.9 Å². The fourth-order valence-electron chi connectivity index (χ4n) is 2.36. The van der Waals surface area contributed by atoms with Crippen molar-refractivity contribution in [2.75, 3.05) is 6.54 Å². The molecule has 0 aromatic heterocycles. The van der Waals surface area contributed by atoms with Gasteiger partial charge in [0, 0.05) is 18.1 Å². The van der Waals surface area contributed by atoms with Crippen LogP contribution in [0.4, 0.5) is 0 Å². The maximum absolute atomic E-state index is 12.6. The Balaban J connectivity index is 2.05. The smallest absolute Gasteiger partial charge is 0.227 e. The lowest BCUT2D eigenvalue weighted by molar-refractivity contribution is -0.131. The summed E-state index contributed by atoms with van der Waals surface area (Å²) >= 11 is 5.87. The van der Waals surface area contributed by atoms with Gasteiger partial charge in [-0.1, -0.05) is 42.8 Å². The van der Waals surface area contributed by atoms with Crippen molar-refractivity contribution >= 4 is 17.5 Å². The summed E-state index contributed by atoms with van der Waals surface area (Å²) in [5, 5.41) is 9.51. The fourth-order valence-corrected chi connectivity index (χ4v) is 2.48. The molecule has 0 bridgehead atoms. The zero-order valence-electron chi connectivity index (χ0n) is 13.1. The monoisotopic (exact) mass is 326 g/mol. The Labute approximate surface area is 142 Å². The van der Waals surface area contributed by atoms with E-state index in [1.54, 1.807) is 24.3 Å². The Morgan fingerprint density at radius 3 is 2.26 bits per heavy atom. The minimum Gasteiger partial charge on any atom is -0.338 e. The van der Waals surface area contributed by atoms with Crippen LogP contribution in [0, 0.1) is 11.3 Å². The highest BCUT2D eigenvalue weighted by molar-refractivity contribution is 6.30. The van der Waals surface area contributed by atoms with Crippen LogP contribution in [-0.4, -0.2) is 17.4 Å². The largest absolute Gasteiger partial charge is 0.338 e. The Morgan fingerprint density at radius 1 is 1.09 bits per heavy atom. The van der Waals surface area contributed by atoms with E-state index < -0.39 is 0 Å². The Morgan fingerprint density at radius 2 is 1.70 bits per heavy atom. The second kappa shape index (κ2) is 8.36. The van der Waals surface area contributed by atoms with E-state index in [1.807, 2.05) is 29.2 Å². The number of nitriles is 1. The quantitative estimate of drug-likeness (QED) is 0.798. The van der Waals surface area contributed by atoms with Gasteiger partial charge < -0.3 is 4.90 Å². The number of hydrogen-bond donors (Lipinski definition) is 0. The molecular weight excluding hydrogens is 308 g/mol. The molecule has 0 aliphatic heterocycles. The number of rotatable bonds is 6. The van der Waals surface area contributed by atoms with E-state index in [0.29, 0.717) is 30.1 Å². The molecule has 2 rings (SSSR count). The molecule has 0 spiro atoms. The van der Waals surface area contributed by atoms with Crippen LogP contribution in [0.1, 0.15) is 30.0 Å². The molecule has 0 fully saturated rings. The highest BCUT2D eigenvalue weighted by Crippen LogP contribution is 2.13. The number of carbonyl (C=O) groups excluding carboxylic acids is 1. The summed E-state index contributed by atoms with van der Waals surface area (Å²) in [4.78, 5) is 14.4. The Bertz CT molecular complexity index is 687. The standard InChI is InChI=1S/C19H19ClN2O/c1-2-11-22(14-17-5-3-16(13-21)4-6-17)19(23)12-15-7-9-18(20)10-8-15/h3-10H,2,11-12,14H2,1H3. The minimum absolute atomic E-state index is 0.0959. The molecule has 118 valence electrons. The van der Waals surface area contributed by atoms with Crippen molar-refractivity contribution in [3.63, 3.8) is 0 Å². The first-order valence-electron chi connectivity index (χ1n) is 7.63. The van der Waals surface area contributed by atoms with Crippen molar-refractivity contribution in [2.24, 2.45) is 0 Å². The highest BCUT2D eigenvalue weighted by Gasteiger charge is 2.14. The third-order valence-electron chi connectivity index (χ3n) is 3.57. The molecule has 3 nitrogen and oxygen atoms in total. The number of amides is 1. The van der Waals surface area contributed by atoms with Crippen molar-refractivity contribution in [3.8, 4) is 6.07 Å². The zero-order chi connectivity index (χ0) is 16.7. The summed E-state index contributed by atoms with van der Waals surface area (Å²) in [6, 6.07) is 16.8. The van der Waals surface area contributed by atoms with Crippen molar-refractivity contribution < 1.29 is 4.79 Å². The van der Waals surface area contributed by atoms with Crippen molar-refractivity contribution in [3.05, 3.63) is 70.2 Å². The van der Waals surface area contributed by atoms with Gasteiger partial charge in [-0.05, 0) is 41.8 Å². The van der Waals surface area contributed by atoms with Crippen LogP contribution in [0.3, 0.4) is 0 Å². The average molecular weight is 327 g/mol. The lowest BCUT2D eigenvalue weighted by atomic mass is 10.1. The van der Waals surface area contributed by atoms with Gasteiger partial charge >= 0.3 is 0 Å². The van der Waals surface area contributed by atoms with Crippen molar-refractivity contribution in [2.45, 2.75) is 26.3 Å². The molecule has 23 heavy (non-hydrogen) atoms. The number of nitrogens with zero attached hydrogens (tertiary/aromatic N) is 2. The normalized spacial score (nSPS) is 10.1. The van der Waals surface area contributed by atoms with E-state index in [0.717, 1.165) is 17.5 Å². The first kappa shape index (κ1) is 17.1. The van der Waals surface area contributed by atoms with Crippen molar-refractivity contribution in [1.29, 1.82) is 5.26 Å². The van der Waals surface area contributed by atoms with Crippen LogP contribution in [0.2, 0.25) is 5.02 Å². The van der Waals surface area contributed by atoms with E-state index in [2.05, 4.69) is 13.0 Å². The van der Waals surface area contributed by atoms with Crippen LogP contribution < -0.4 is 0 Å². The maximum Gasteiger partial charge on any atom is 0.227 e. The lowest BCUT2D eigenvalue weighted by Gasteiger charge is -2.22. The summed E-state index contributed by atoms with van der Waals surface area (Å²) in [5.41, 5.74) is 2.62. The Hall–Kier alpha value is -2.31. The van der Waals surface area contributed by atoms with Gasteiger partial charge in [0.1, 0.15) is 0 Å². The van der Waals surface area contributed by atoms with Gasteiger partial charge in [-0.15, -0.1) is 0 Å². The fraction of sp³-hybridized carbons (Fsp3) is 0.263. The molecule has 0 heterocycles. The average Bonchev–Trinajstić information content (AvgIpc) is 2.57. The summed E-state index contributed by atoms with van der Waals surface area (Å²) in [6.07, 6.45) is 1.27. The van der Waals surface area contributed by atoms with Crippen LogP contribution in [0.5, 0.6) is 0 Å². The first-order chi connectivity index (χ1) is 11.1. The molecule has 0 aliphatic rings. The molecule has 0 radical (unpaired) electrons. The van der Waals surface area contributed by atoms with Crippen LogP contribution in [0.15, 0.2) is 48.5 Å². The molecule has 0 saturated carbocycles. The number of hydrogen-bond acceptors (Lipinski definition) is 2. The van der Waals surface area contributed by atoms with E-state index >= 15 is 0 Å². The molecule has 2 aromatic carbocycles. The van der Waals surface area contributed by atoms with E-state index in [1.165, 1.54) is 0 Å². The SMILES string of the molecule is CCCN(Cc1ccc(C#N)cc1)C(=O)Cc1ccc(Cl)cc1. The lowest BCUT2D eigenvalue weighted by Crippen LogP contribution is -2.32. The van der Waals surface area contributed by atoms with Gasteiger partial charge in [0.2, 0.25) is 5.91 Å². The second-order valence-corrected chi connectivity index (χ2v) is 5.86. The third kappa shape index (κ3) is 5.12. The van der Waals surface area contributed by atoms with Gasteiger partial charge in [-0.3, -0.25) is 4.79 Å². The highest BCUT2D eigenvalue weighted by atomic mass is 35.5. The second-order valence-electron chi connectivity index (χ2n) is 5.43. The molecule has 0 saturated heterocycles. The molecule has 2 aromatic rings. The summed E-state index contributed by atoms with van der Waals surface area (Å²) in [7, 11) is 0. The zero-order valence-corrected chi connectivity index (χ0v) is 13.9. The van der Waals surface area contributed by atoms with E-state index in [9.17, 15) is 4.79 Å².